The highest BCUT2D eigenvalue weighted by Gasteiger charge is 2.27. The highest BCUT2D eigenvalue weighted by Crippen LogP contribution is 2.18. The minimum atomic E-state index is -3.83. The van der Waals surface area contributed by atoms with Crippen LogP contribution in [0.5, 0.6) is 0 Å². The van der Waals surface area contributed by atoms with Crippen LogP contribution in [0.15, 0.2) is 29.2 Å². The summed E-state index contributed by atoms with van der Waals surface area (Å²) in [5.74, 6) is -0.655. The number of hydrogen-bond donors (Lipinski definition) is 3. The van der Waals surface area contributed by atoms with Gasteiger partial charge in [-0.2, -0.15) is 4.72 Å². The molecule has 1 aliphatic carbocycles. The number of benzene rings is 1. The summed E-state index contributed by atoms with van der Waals surface area (Å²) in [5.41, 5.74) is 0.946. The summed E-state index contributed by atoms with van der Waals surface area (Å²) in [5, 5.41) is 5.30. The van der Waals surface area contributed by atoms with Crippen LogP contribution in [-0.4, -0.2) is 38.9 Å². The Hall–Kier alpha value is -1.93. The third-order valence-corrected chi connectivity index (χ3v) is 5.51. The molecule has 2 amide bonds. The van der Waals surface area contributed by atoms with E-state index >= 15 is 0 Å². The molecule has 0 saturated heterocycles. The number of rotatable bonds is 9. The lowest BCUT2D eigenvalue weighted by Crippen LogP contribution is -2.49. The Morgan fingerprint density at radius 2 is 1.77 bits per heavy atom. The van der Waals surface area contributed by atoms with Gasteiger partial charge in [-0.05, 0) is 44.2 Å². The van der Waals surface area contributed by atoms with Crippen LogP contribution in [0, 0.1) is 12.8 Å². The van der Waals surface area contributed by atoms with Gasteiger partial charge in [-0.15, -0.1) is 0 Å². The summed E-state index contributed by atoms with van der Waals surface area (Å²) in [4.78, 5) is 24.3. The normalized spacial score (nSPS) is 15.5. The molecule has 26 heavy (non-hydrogen) atoms. The maximum Gasteiger partial charge on any atom is 0.241 e. The molecule has 0 aliphatic heterocycles. The van der Waals surface area contributed by atoms with Gasteiger partial charge in [-0.25, -0.2) is 8.42 Å². The monoisotopic (exact) mass is 381 g/mol. The van der Waals surface area contributed by atoms with E-state index in [1.54, 1.807) is 12.1 Å². The molecule has 0 radical (unpaired) electrons. The maximum atomic E-state index is 12.6. The Kier molecular flexibility index (Phi) is 6.77. The highest BCUT2D eigenvalue weighted by molar-refractivity contribution is 7.89. The first-order chi connectivity index (χ1) is 12.2. The second-order valence-electron chi connectivity index (χ2n) is 7.18. The molecular weight excluding hydrogens is 354 g/mol. The van der Waals surface area contributed by atoms with E-state index in [9.17, 15) is 18.0 Å². The zero-order chi connectivity index (χ0) is 19.3. The SMILES string of the molecule is Cc1ccc(S(=O)(=O)N[C@@H](CC(C)C)C(=O)NCC(=O)NC2CC2)cc1. The molecule has 1 aromatic carbocycles. The van der Waals surface area contributed by atoms with Gasteiger partial charge in [0.25, 0.3) is 0 Å². The van der Waals surface area contributed by atoms with Crippen molar-refractivity contribution in [3.8, 4) is 0 Å². The Balaban J connectivity index is 2.01. The average Bonchev–Trinajstić information content (AvgIpc) is 3.35. The van der Waals surface area contributed by atoms with Crippen molar-refractivity contribution in [3.05, 3.63) is 29.8 Å². The molecule has 1 saturated carbocycles. The average molecular weight is 381 g/mol. The molecule has 1 atom stereocenters. The van der Waals surface area contributed by atoms with Gasteiger partial charge in [0.1, 0.15) is 6.04 Å². The molecule has 7 nitrogen and oxygen atoms in total. The van der Waals surface area contributed by atoms with Gasteiger partial charge in [-0.1, -0.05) is 31.5 Å². The van der Waals surface area contributed by atoms with E-state index in [0.29, 0.717) is 6.42 Å². The number of carbonyl (C=O) groups excluding carboxylic acids is 2. The molecule has 1 aromatic rings. The minimum absolute atomic E-state index is 0.103. The largest absolute Gasteiger partial charge is 0.352 e. The predicted octanol–water partition coefficient (Wildman–Crippen LogP) is 1.08. The number of aryl methyl sites for hydroxylation is 1. The molecule has 0 bridgehead atoms. The summed E-state index contributed by atoms with van der Waals surface area (Å²) >= 11 is 0. The Labute approximate surface area is 155 Å². The van der Waals surface area contributed by atoms with E-state index in [4.69, 9.17) is 0 Å². The lowest BCUT2D eigenvalue weighted by Gasteiger charge is -2.20. The zero-order valence-corrected chi connectivity index (χ0v) is 16.2. The highest BCUT2D eigenvalue weighted by atomic mass is 32.2. The molecule has 0 aromatic heterocycles. The van der Waals surface area contributed by atoms with Crippen LogP contribution in [0.2, 0.25) is 0 Å². The number of carbonyl (C=O) groups is 2. The van der Waals surface area contributed by atoms with Gasteiger partial charge in [-0.3, -0.25) is 9.59 Å². The van der Waals surface area contributed by atoms with Crippen LogP contribution < -0.4 is 15.4 Å². The van der Waals surface area contributed by atoms with Gasteiger partial charge < -0.3 is 10.6 Å². The molecule has 0 unspecified atom stereocenters. The van der Waals surface area contributed by atoms with E-state index in [1.165, 1.54) is 12.1 Å². The fraction of sp³-hybridized carbons (Fsp3) is 0.556. The minimum Gasteiger partial charge on any atom is -0.352 e. The Morgan fingerprint density at radius 3 is 2.31 bits per heavy atom. The summed E-state index contributed by atoms with van der Waals surface area (Å²) in [7, 11) is -3.83. The van der Waals surface area contributed by atoms with Crippen molar-refractivity contribution < 1.29 is 18.0 Å². The van der Waals surface area contributed by atoms with Gasteiger partial charge in [0, 0.05) is 6.04 Å². The molecule has 3 N–H and O–H groups in total. The van der Waals surface area contributed by atoms with Crippen LogP contribution in [-0.2, 0) is 19.6 Å². The van der Waals surface area contributed by atoms with E-state index in [1.807, 2.05) is 20.8 Å². The quantitative estimate of drug-likeness (QED) is 0.595. The van der Waals surface area contributed by atoms with E-state index in [2.05, 4.69) is 15.4 Å². The maximum absolute atomic E-state index is 12.6. The molecule has 0 spiro atoms. The van der Waals surface area contributed by atoms with Crippen molar-refractivity contribution in [2.45, 2.75) is 57.0 Å². The molecule has 8 heteroatoms. The summed E-state index contributed by atoms with van der Waals surface area (Å²) in [6.45, 7) is 5.52. The van der Waals surface area contributed by atoms with E-state index in [0.717, 1.165) is 18.4 Å². The van der Waals surface area contributed by atoms with Crippen molar-refractivity contribution in [1.29, 1.82) is 0 Å². The number of nitrogens with one attached hydrogen (secondary N) is 3. The standard InChI is InChI=1S/C18H27N3O4S/c1-12(2)10-16(18(23)19-11-17(22)20-14-6-7-14)21-26(24,25)15-8-4-13(3)5-9-15/h4-5,8-9,12,14,16,21H,6-7,10-11H2,1-3H3,(H,19,23)(H,20,22)/t16-/m0/s1. The van der Waals surface area contributed by atoms with Crippen LogP contribution in [0.1, 0.15) is 38.7 Å². The molecule has 1 aliphatic rings. The lowest BCUT2D eigenvalue weighted by atomic mass is 10.0. The zero-order valence-electron chi connectivity index (χ0n) is 15.4. The Bertz CT molecular complexity index is 740. The third kappa shape index (κ3) is 6.42. The number of sulfonamides is 1. The molecular formula is C18H27N3O4S. The van der Waals surface area contributed by atoms with Gasteiger partial charge in [0.05, 0.1) is 11.4 Å². The first-order valence-corrected chi connectivity index (χ1v) is 10.3. The van der Waals surface area contributed by atoms with Crippen LogP contribution in [0.4, 0.5) is 0 Å². The van der Waals surface area contributed by atoms with Crippen molar-refractivity contribution in [2.75, 3.05) is 6.54 Å². The van der Waals surface area contributed by atoms with Gasteiger partial charge >= 0.3 is 0 Å². The fourth-order valence-corrected chi connectivity index (χ4v) is 3.66. The summed E-state index contributed by atoms with van der Waals surface area (Å²) in [6.07, 6.45) is 2.26. The molecule has 2 rings (SSSR count). The van der Waals surface area contributed by atoms with Crippen LogP contribution >= 0.6 is 0 Å². The van der Waals surface area contributed by atoms with Gasteiger partial charge in [0.15, 0.2) is 0 Å². The second-order valence-corrected chi connectivity index (χ2v) is 8.89. The second kappa shape index (κ2) is 8.64. The topological polar surface area (TPSA) is 104 Å². The number of hydrogen-bond acceptors (Lipinski definition) is 4. The third-order valence-electron chi connectivity index (χ3n) is 4.02. The molecule has 0 heterocycles. The summed E-state index contributed by atoms with van der Waals surface area (Å²) < 4.78 is 27.6. The van der Waals surface area contributed by atoms with Crippen LogP contribution in [0.3, 0.4) is 0 Å². The lowest BCUT2D eigenvalue weighted by molar-refractivity contribution is -0.127. The van der Waals surface area contributed by atoms with E-state index in [-0.39, 0.29) is 29.3 Å². The predicted molar refractivity (Wildman–Crippen MR) is 98.9 cm³/mol. The fourth-order valence-electron chi connectivity index (χ4n) is 2.45. The van der Waals surface area contributed by atoms with Gasteiger partial charge in [0.2, 0.25) is 21.8 Å². The Morgan fingerprint density at radius 1 is 1.15 bits per heavy atom. The van der Waals surface area contributed by atoms with Crippen molar-refractivity contribution >= 4 is 21.8 Å². The summed E-state index contributed by atoms with van der Waals surface area (Å²) in [6, 6.07) is 5.69. The first-order valence-electron chi connectivity index (χ1n) is 8.83. The molecule has 1 fully saturated rings. The van der Waals surface area contributed by atoms with Crippen molar-refractivity contribution in [3.63, 3.8) is 0 Å². The first kappa shape index (κ1) is 20.4. The molecule has 144 valence electrons. The van der Waals surface area contributed by atoms with Crippen molar-refractivity contribution in [2.24, 2.45) is 5.92 Å². The van der Waals surface area contributed by atoms with Crippen molar-refractivity contribution in [1.82, 2.24) is 15.4 Å². The smallest absolute Gasteiger partial charge is 0.241 e. The van der Waals surface area contributed by atoms with E-state index < -0.39 is 22.0 Å². The number of amides is 2. The van der Waals surface area contributed by atoms with Crippen LogP contribution in [0.25, 0.3) is 0 Å².